The average Bonchev–Trinajstić information content (AvgIpc) is 2.93. The summed E-state index contributed by atoms with van der Waals surface area (Å²) < 4.78 is 0. The van der Waals surface area contributed by atoms with Gasteiger partial charge >= 0.3 is 0 Å². The van der Waals surface area contributed by atoms with E-state index in [-0.39, 0.29) is 11.6 Å². The zero-order valence-electron chi connectivity index (χ0n) is 7.79. The molecule has 0 amide bonds. The molecule has 3 nitrogen and oxygen atoms in total. The molecule has 14 heavy (non-hydrogen) atoms. The smallest absolute Gasteiger partial charge is 0.252 e. The Morgan fingerprint density at radius 3 is 3.00 bits per heavy atom. The number of H-pyrrole nitrogens is 1. The van der Waals surface area contributed by atoms with E-state index in [1.54, 1.807) is 6.07 Å². The molecular formula is C10H13ClN2O. The first-order valence-electron chi connectivity index (χ1n) is 4.80. The predicted octanol–water partition coefficient (Wildman–Crippen LogP) is 1.83. The van der Waals surface area contributed by atoms with E-state index < -0.39 is 0 Å². The van der Waals surface area contributed by atoms with Crippen LogP contribution in [-0.2, 0) is 0 Å². The molecule has 1 atom stereocenters. The third kappa shape index (κ3) is 2.16. The average molecular weight is 213 g/mol. The van der Waals surface area contributed by atoms with E-state index in [2.05, 4.69) is 4.98 Å². The molecule has 3 N–H and O–H groups in total. The van der Waals surface area contributed by atoms with Crippen molar-refractivity contribution in [2.24, 2.45) is 11.7 Å². The topological polar surface area (TPSA) is 58.9 Å². The molecule has 4 heteroatoms. The van der Waals surface area contributed by atoms with Crippen molar-refractivity contribution >= 4 is 11.6 Å². The highest BCUT2D eigenvalue weighted by atomic mass is 35.5. The zero-order valence-corrected chi connectivity index (χ0v) is 8.55. The summed E-state index contributed by atoms with van der Waals surface area (Å²) in [6.45, 7) is 0. The van der Waals surface area contributed by atoms with E-state index in [1.165, 1.54) is 19.0 Å². The standard InChI is InChI=1S/C10H13ClN2O/c11-7-4-8(10(14)13-5-7)9(12)3-6-1-2-6/h4-6,9H,1-3,12H2,(H,13,14). The third-order valence-electron chi connectivity index (χ3n) is 2.58. The number of aromatic amines is 1. The normalized spacial score (nSPS) is 18.1. The summed E-state index contributed by atoms with van der Waals surface area (Å²) in [7, 11) is 0. The highest BCUT2D eigenvalue weighted by Crippen LogP contribution is 2.36. The molecule has 1 aliphatic rings. The Kier molecular flexibility index (Phi) is 2.61. The molecule has 1 unspecified atom stereocenters. The minimum atomic E-state index is -0.176. The van der Waals surface area contributed by atoms with Crippen molar-refractivity contribution in [2.75, 3.05) is 0 Å². The molecule has 0 aliphatic heterocycles. The Hall–Kier alpha value is -0.800. The highest BCUT2D eigenvalue weighted by Gasteiger charge is 2.25. The Labute approximate surface area is 87.3 Å². The second-order valence-electron chi connectivity index (χ2n) is 3.89. The second kappa shape index (κ2) is 3.75. The minimum Gasteiger partial charge on any atom is -0.327 e. The molecule has 76 valence electrons. The summed E-state index contributed by atoms with van der Waals surface area (Å²) in [4.78, 5) is 14.0. The maximum atomic E-state index is 11.4. The minimum absolute atomic E-state index is 0.123. The third-order valence-corrected chi connectivity index (χ3v) is 2.80. The first-order valence-corrected chi connectivity index (χ1v) is 5.18. The van der Waals surface area contributed by atoms with Gasteiger partial charge in [-0.1, -0.05) is 24.4 Å². The quantitative estimate of drug-likeness (QED) is 0.803. The van der Waals surface area contributed by atoms with Crippen molar-refractivity contribution in [3.8, 4) is 0 Å². The second-order valence-corrected chi connectivity index (χ2v) is 4.32. The fraction of sp³-hybridized carbons (Fsp3) is 0.500. The Balaban J connectivity index is 2.20. The lowest BCUT2D eigenvalue weighted by Gasteiger charge is -2.09. The molecule has 1 saturated carbocycles. The van der Waals surface area contributed by atoms with Crippen molar-refractivity contribution in [2.45, 2.75) is 25.3 Å². The Morgan fingerprint density at radius 1 is 1.64 bits per heavy atom. The maximum absolute atomic E-state index is 11.4. The van der Waals surface area contributed by atoms with Gasteiger partial charge < -0.3 is 10.7 Å². The molecule has 0 bridgehead atoms. The predicted molar refractivity (Wildman–Crippen MR) is 56.3 cm³/mol. The summed E-state index contributed by atoms with van der Waals surface area (Å²) in [6.07, 6.45) is 4.86. The van der Waals surface area contributed by atoms with Gasteiger partial charge in [0.1, 0.15) is 0 Å². The van der Waals surface area contributed by atoms with E-state index >= 15 is 0 Å². The van der Waals surface area contributed by atoms with Gasteiger partial charge in [0.05, 0.1) is 5.02 Å². The van der Waals surface area contributed by atoms with Crippen LogP contribution in [0.25, 0.3) is 0 Å². The van der Waals surface area contributed by atoms with Crippen molar-refractivity contribution in [3.05, 3.63) is 33.2 Å². The van der Waals surface area contributed by atoms with E-state index in [0.29, 0.717) is 16.5 Å². The molecule has 0 saturated heterocycles. The molecule has 0 spiro atoms. The fourth-order valence-corrected chi connectivity index (χ4v) is 1.76. The van der Waals surface area contributed by atoms with Crippen LogP contribution >= 0.6 is 11.6 Å². The van der Waals surface area contributed by atoms with Gasteiger partial charge in [-0.15, -0.1) is 0 Å². The first-order chi connectivity index (χ1) is 6.66. The van der Waals surface area contributed by atoms with E-state index in [1.807, 2.05) is 0 Å². The highest BCUT2D eigenvalue weighted by molar-refractivity contribution is 6.30. The number of hydrogen-bond acceptors (Lipinski definition) is 2. The molecular weight excluding hydrogens is 200 g/mol. The number of pyridine rings is 1. The largest absolute Gasteiger partial charge is 0.327 e. The van der Waals surface area contributed by atoms with Crippen molar-refractivity contribution < 1.29 is 0 Å². The van der Waals surface area contributed by atoms with Crippen LogP contribution in [0.5, 0.6) is 0 Å². The molecule has 1 aromatic heterocycles. The Bertz CT molecular complexity index is 384. The Morgan fingerprint density at radius 2 is 2.36 bits per heavy atom. The van der Waals surface area contributed by atoms with Crippen LogP contribution in [0, 0.1) is 5.92 Å². The number of nitrogens with two attached hydrogens (primary N) is 1. The van der Waals surface area contributed by atoms with Crippen LogP contribution in [0.3, 0.4) is 0 Å². The first kappa shape index (κ1) is 9.74. The van der Waals surface area contributed by atoms with Gasteiger partial charge in [-0.3, -0.25) is 4.79 Å². The summed E-state index contributed by atoms with van der Waals surface area (Å²) in [6, 6.07) is 1.48. The molecule has 1 fully saturated rings. The number of aromatic nitrogens is 1. The molecule has 1 heterocycles. The van der Waals surface area contributed by atoms with Gasteiger partial charge in [0, 0.05) is 17.8 Å². The van der Waals surface area contributed by atoms with E-state index in [0.717, 1.165) is 6.42 Å². The lowest BCUT2D eigenvalue weighted by atomic mass is 10.0. The van der Waals surface area contributed by atoms with Crippen LogP contribution in [-0.4, -0.2) is 4.98 Å². The van der Waals surface area contributed by atoms with Crippen molar-refractivity contribution in [1.29, 1.82) is 0 Å². The van der Waals surface area contributed by atoms with Crippen molar-refractivity contribution in [3.63, 3.8) is 0 Å². The van der Waals surface area contributed by atoms with Gasteiger partial charge in [-0.2, -0.15) is 0 Å². The summed E-state index contributed by atoms with van der Waals surface area (Å²) in [5, 5.41) is 0.533. The SMILES string of the molecule is NC(CC1CC1)c1cc(Cl)c[nH]c1=O. The lowest BCUT2D eigenvalue weighted by molar-refractivity contribution is 0.591. The number of nitrogens with one attached hydrogen (secondary N) is 1. The number of halogens is 1. The van der Waals surface area contributed by atoms with Gasteiger partial charge in [-0.05, 0) is 18.4 Å². The monoisotopic (exact) mass is 212 g/mol. The fourth-order valence-electron chi connectivity index (χ4n) is 1.59. The van der Waals surface area contributed by atoms with Crippen LogP contribution < -0.4 is 11.3 Å². The lowest BCUT2D eigenvalue weighted by Crippen LogP contribution is -2.21. The van der Waals surface area contributed by atoms with E-state index in [4.69, 9.17) is 17.3 Å². The zero-order chi connectivity index (χ0) is 10.1. The molecule has 2 rings (SSSR count). The van der Waals surface area contributed by atoms with Gasteiger partial charge in [0.2, 0.25) is 0 Å². The summed E-state index contributed by atoms with van der Waals surface area (Å²) in [5.74, 6) is 0.711. The molecule has 1 aromatic rings. The molecule has 1 aliphatic carbocycles. The van der Waals surface area contributed by atoms with Gasteiger partial charge in [-0.25, -0.2) is 0 Å². The van der Waals surface area contributed by atoms with Crippen molar-refractivity contribution in [1.82, 2.24) is 4.98 Å². The van der Waals surface area contributed by atoms with Crippen LogP contribution in [0.2, 0.25) is 5.02 Å². The number of hydrogen-bond donors (Lipinski definition) is 2. The van der Waals surface area contributed by atoms with E-state index in [9.17, 15) is 4.79 Å². The molecule has 0 aromatic carbocycles. The van der Waals surface area contributed by atoms with Gasteiger partial charge in [0.15, 0.2) is 0 Å². The van der Waals surface area contributed by atoms with Crippen LogP contribution in [0.4, 0.5) is 0 Å². The molecule has 0 radical (unpaired) electrons. The maximum Gasteiger partial charge on any atom is 0.252 e. The number of rotatable bonds is 3. The van der Waals surface area contributed by atoms with Crippen LogP contribution in [0.1, 0.15) is 30.9 Å². The summed E-state index contributed by atoms with van der Waals surface area (Å²) in [5.41, 5.74) is 6.41. The van der Waals surface area contributed by atoms with Crippen LogP contribution in [0.15, 0.2) is 17.1 Å². The summed E-state index contributed by atoms with van der Waals surface area (Å²) >= 11 is 5.79. The van der Waals surface area contributed by atoms with Gasteiger partial charge in [0.25, 0.3) is 5.56 Å².